The fourth-order valence-electron chi connectivity index (χ4n) is 1.89. The Balaban J connectivity index is 2.45. The van der Waals surface area contributed by atoms with Crippen LogP contribution in [0.25, 0.3) is 0 Å². The molecular formula is C11H13Cl2NS. The second kappa shape index (κ2) is 4.96. The SMILES string of the molecule is CCNC1CCSc2c(Cl)ccc(Cl)c21. The summed E-state index contributed by atoms with van der Waals surface area (Å²) in [4.78, 5) is 1.15. The van der Waals surface area contributed by atoms with Crippen molar-refractivity contribution in [3.8, 4) is 0 Å². The van der Waals surface area contributed by atoms with Gasteiger partial charge in [0.1, 0.15) is 0 Å². The summed E-state index contributed by atoms with van der Waals surface area (Å²) in [7, 11) is 0. The third-order valence-electron chi connectivity index (χ3n) is 2.55. The van der Waals surface area contributed by atoms with Crippen molar-refractivity contribution in [3.05, 3.63) is 27.7 Å². The number of halogens is 2. The molecule has 1 nitrogen and oxygen atoms in total. The van der Waals surface area contributed by atoms with Crippen molar-refractivity contribution in [1.82, 2.24) is 5.32 Å². The Labute approximate surface area is 105 Å². The Hall–Kier alpha value is 0.110. The highest BCUT2D eigenvalue weighted by Gasteiger charge is 2.24. The lowest BCUT2D eigenvalue weighted by molar-refractivity contribution is 0.528. The van der Waals surface area contributed by atoms with Crippen molar-refractivity contribution in [3.63, 3.8) is 0 Å². The van der Waals surface area contributed by atoms with E-state index in [2.05, 4.69) is 12.2 Å². The lowest BCUT2D eigenvalue weighted by atomic mass is 10.0. The van der Waals surface area contributed by atoms with Crippen molar-refractivity contribution < 1.29 is 0 Å². The van der Waals surface area contributed by atoms with Gasteiger partial charge in [-0.25, -0.2) is 0 Å². The Kier molecular flexibility index (Phi) is 3.83. The van der Waals surface area contributed by atoms with Gasteiger partial charge < -0.3 is 5.32 Å². The van der Waals surface area contributed by atoms with Crippen molar-refractivity contribution in [1.29, 1.82) is 0 Å². The quantitative estimate of drug-likeness (QED) is 0.859. The summed E-state index contributed by atoms with van der Waals surface area (Å²) in [5.74, 6) is 1.10. The molecule has 1 aliphatic heterocycles. The molecule has 1 aromatic carbocycles. The van der Waals surface area contributed by atoms with Crippen LogP contribution in [0.1, 0.15) is 24.9 Å². The zero-order valence-corrected chi connectivity index (χ0v) is 10.8. The maximum absolute atomic E-state index is 6.23. The summed E-state index contributed by atoms with van der Waals surface area (Å²) in [6.07, 6.45) is 1.12. The molecule has 0 saturated carbocycles. The largest absolute Gasteiger partial charge is 0.310 e. The summed E-state index contributed by atoms with van der Waals surface area (Å²) in [6.45, 7) is 3.07. The van der Waals surface area contributed by atoms with E-state index in [4.69, 9.17) is 23.2 Å². The van der Waals surface area contributed by atoms with Crippen LogP contribution in [0.15, 0.2) is 17.0 Å². The highest BCUT2D eigenvalue weighted by atomic mass is 35.5. The predicted molar refractivity (Wildman–Crippen MR) is 68.2 cm³/mol. The zero-order valence-electron chi connectivity index (χ0n) is 8.52. The number of benzene rings is 1. The highest BCUT2D eigenvalue weighted by Crippen LogP contribution is 2.43. The van der Waals surface area contributed by atoms with Crippen LogP contribution in [0, 0.1) is 0 Å². The number of hydrogen-bond donors (Lipinski definition) is 1. The molecule has 0 aromatic heterocycles. The predicted octanol–water partition coefficient (Wildman–Crippen LogP) is 4.14. The monoisotopic (exact) mass is 261 g/mol. The lowest BCUT2D eigenvalue weighted by Gasteiger charge is -2.27. The number of rotatable bonds is 2. The van der Waals surface area contributed by atoms with E-state index in [0.29, 0.717) is 6.04 Å². The van der Waals surface area contributed by atoms with E-state index in [1.165, 1.54) is 5.56 Å². The van der Waals surface area contributed by atoms with Crippen LogP contribution in [0.5, 0.6) is 0 Å². The van der Waals surface area contributed by atoms with E-state index in [1.54, 1.807) is 11.8 Å². The van der Waals surface area contributed by atoms with Gasteiger partial charge in [0.2, 0.25) is 0 Å². The van der Waals surface area contributed by atoms with Crippen LogP contribution in [-0.4, -0.2) is 12.3 Å². The molecule has 4 heteroatoms. The fourth-order valence-corrected chi connectivity index (χ4v) is 3.74. The van der Waals surface area contributed by atoms with Gasteiger partial charge in [-0.1, -0.05) is 30.1 Å². The highest BCUT2D eigenvalue weighted by molar-refractivity contribution is 7.99. The van der Waals surface area contributed by atoms with E-state index in [0.717, 1.165) is 33.7 Å². The minimum absolute atomic E-state index is 0.359. The van der Waals surface area contributed by atoms with Crippen molar-refractivity contribution in [2.24, 2.45) is 0 Å². The first-order valence-corrected chi connectivity index (χ1v) is 6.82. The van der Waals surface area contributed by atoms with Crippen LogP contribution in [0.3, 0.4) is 0 Å². The first-order chi connectivity index (χ1) is 7.24. The Morgan fingerprint density at radius 2 is 2.13 bits per heavy atom. The molecule has 1 atom stereocenters. The minimum Gasteiger partial charge on any atom is -0.310 e. The van der Waals surface area contributed by atoms with Gasteiger partial charge in [0.25, 0.3) is 0 Å². The molecule has 1 unspecified atom stereocenters. The van der Waals surface area contributed by atoms with Gasteiger partial charge in [-0.3, -0.25) is 0 Å². The molecule has 0 spiro atoms. The van der Waals surface area contributed by atoms with E-state index < -0.39 is 0 Å². The molecular weight excluding hydrogens is 249 g/mol. The molecule has 1 heterocycles. The van der Waals surface area contributed by atoms with Gasteiger partial charge in [0, 0.05) is 21.5 Å². The smallest absolute Gasteiger partial charge is 0.0546 e. The van der Waals surface area contributed by atoms with Gasteiger partial charge >= 0.3 is 0 Å². The van der Waals surface area contributed by atoms with Crippen LogP contribution < -0.4 is 5.32 Å². The van der Waals surface area contributed by atoms with Gasteiger partial charge in [0.05, 0.1) is 5.02 Å². The summed E-state index contributed by atoms with van der Waals surface area (Å²) in [5.41, 5.74) is 1.18. The molecule has 0 amide bonds. The van der Waals surface area contributed by atoms with Gasteiger partial charge in [-0.15, -0.1) is 11.8 Å². The van der Waals surface area contributed by atoms with Gasteiger partial charge in [-0.05, 0) is 30.9 Å². The molecule has 0 aliphatic carbocycles. The number of hydrogen-bond acceptors (Lipinski definition) is 2. The molecule has 1 aliphatic rings. The van der Waals surface area contributed by atoms with E-state index in [1.807, 2.05) is 12.1 Å². The molecule has 0 fully saturated rings. The van der Waals surface area contributed by atoms with Crippen LogP contribution >= 0.6 is 35.0 Å². The second-order valence-corrected chi connectivity index (χ2v) is 5.44. The average molecular weight is 262 g/mol. The first-order valence-electron chi connectivity index (χ1n) is 5.08. The van der Waals surface area contributed by atoms with Gasteiger partial charge in [0.15, 0.2) is 0 Å². The standard InChI is InChI=1S/C11H13Cl2NS/c1-2-14-9-5-6-15-11-8(13)4-3-7(12)10(9)11/h3-4,9,14H,2,5-6H2,1H3. The van der Waals surface area contributed by atoms with Crippen molar-refractivity contribution >= 4 is 35.0 Å². The molecule has 1 aromatic rings. The van der Waals surface area contributed by atoms with E-state index in [-0.39, 0.29) is 0 Å². The second-order valence-electron chi connectivity index (χ2n) is 3.52. The minimum atomic E-state index is 0.359. The average Bonchev–Trinajstić information content (AvgIpc) is 2.24. The summed E-state index contributed by atoms with van der Waals surface area (Å²) in [6, 6.07) is 4.13. The van der Waals surface area contributed by atoms with Crippen molar-refractivity contribution in [2.45, 2.75) is 24.3 Å². The molecule has 2 rings (SSSR count). The zero-order chi connectivity index (χ0) is 10.8. The number of nitrogens with one attached hydrogen (secondary N) is 1. The van der Waals surface area contributed by atoms with Crippen molar-refractivity contribution in [2.75, 3.05) is 12.3 Å². The number of thioether (sulfide) groups is 1. The third-order valence-corrected chi connectivity index (χ3v) is 4.47. The molecule has 1 N–H and O–H groups in total. The van der Waals surface area contributed by atoms with E-state index in [9.17, 15) is 0 Å². The summed E-state index contributed by atoms with van der Waals surface area (Å²) in [5, 5.41) is 5.10. The normalized spacial score (nSPS) is 20.1. The molecule has 0 radical (unpaired) electrons. The van der Waals surface area contributed by atoms with Gasteiger partial charge in [-0.2, -0.15) is 0 Å². The summed E-state index contributed by atoms with van der Waals surface area (Å²) < 4.78 is 0. The Bertz CT molecular complexity index is 368. The van der Waals surface area contributed by atoms with Crippen LogP contribution in [0.2, 0.25) is 10.0 Å². The molecule has 0 bridgehead atoms. The van der Waals surface area contributed by atoms with Crippen LogP contribution in [0.4, 0.5) is 0 Å². The van der Waals surface area contributed by atoms with E-state index >= 15 is 0 Å². The maximum atomic E-state index is 6.23. The fraction of sp³-hybridized carbons (Fsp3) is 0.455. The molecule has 0 saturated heterocycles. The number of fused-ring (bicyclic) bond motifs is 1. The third kappa shape index (κ3) is 2.28. The molecule has 82 valence electrons. The summed E-state index contributed by atoms with van der Waals surface area (Å²) >= 11 is 14.2. The first kappa shape index (κ1) is 11.6. The Morgan fingerprint density at radius 1 is 1.40 bits per heavy atom. The van der Waals surface area contributed by atoms with Crippen LogP contribution in [-0.2, 0) is 0 Å². The molecule has 15 heavy (non-hydrogen) atoms. The maximum Gasteiger partial charge on any atom is 0.0546 e. The topological polar surface area (TPSA) is 12.0 Å². The lowest BCUT2D eigenvalue weighted by Crippen LogP contribution is -2.24. The Morgan fingerprint density at radius 3 is 2.87 bits per heavy atom.